The molecule has 0 aromatic carbocycles. The highest BCUT2D eigenvalue weighted by atomic mass is 19.3. The van der Waals surface area contributed by atoms with Crippen LogP contribution in [0.1, 0.15) is 24.6 Å². The predicted octanol–water partition coefficient (Wildman–Crippen LogP) is 0.637. The van der Waals surface area contributed by atoms with Crippen molar-refractivity contribution in [2.24, 2.45) is 5.41 Å². The summed E-state index contributed by atoms with van der Waals surface area (Å²) in [6.45, 7) is 1.36. The second-order valence-electron chi connectivity index (χ2n) is 6.45. The summed E-state index contributed by atoms with van der Waals surface area (Å²) in [4.78, 5) is 31.1. The van der Waals surface area contributed by atoms with Gasteiger partial charge in [-0.15, -0.1) is 0 Å². The van der Waals surface area contributed by atoms with Crippen LogP contribution < -0.4 is 0 Å². The molecule has 0 N–H and O–H groups in total. The summed E-state index contributed by atoms with van der Waals surface area (Å²) in [5.41, 5.74) is -1.18. The van der Waals surface area contributed by atoms with E-state index in [1.54, 1.807) is 14.0 Å². The van der Waals surface area contributed by atoms with Crippen LogP contribution in [0.4, 0.5) is 8.78 Å². The number of alkyl halides is 2. The first-order valence-corrected chi connectivity index (χ1v) is 7.41. The minimum absolute atomic E-state index is 0.0116. The van der Waals surface area contributed by atoms with Crippen molar-refractivity contribution in [1.82, 2.24) is 19.9 Å². The van der Waals surface area contributed by atoms with E-state index in [0.717, 1.165) is 4.90 Å². The molecule has 9 heteroatoms. The second-order valence-corrected chi connectivity index (χ2v) is 6.45. The summed E-state index contributed by atoms with van der Waals surface area (Å²) in [5.74, 6) is -3.47. The number of carbonyl (C=O) groups is 2. The van der Waals surface area contributed by atoms with Gasteiger partial charge in [-0.05, 0) is 13.3 Å². The summed E-state index contributed by atoms with van der Waals surface area (Å²) in [6.07, 6.45) is -0.412. The molecule has 3 rings (SSSR count). The molecule has 0 aliphatic carbocycles. The van der Waals surface area contributed by atoms with E-state index >= 15 is 0 Å². The van der Waals surface area contributed by atoms with E-state index < -0.39 is 30.2 Å². The zero-order valence-corrected chi connectivity index (χ0v) is 13.0. The number of carbonyl (C=O) groups excluding carboxylic acids is 2. The van der Waals surface area contributed by atoms with Crippen molar-refractivity contribution in [3.63, 3.8) is 0 Å². The Kier molecular flexibility index (Phi) is 3.61. The normalized spacial score (nSPS) is 27.0. The zero-order valence-electron chi connectivity index (χ0n) is 13.0. The number of hydrogen-bond donors (Lipinski definition) is 0. The van der Waals surface area contributed by atoms with Gasteiger partial charge < -0.3 is 14.3 Å². The average Bonchev–Trinajstić information content (AvgIpc) is 2.97. The quantitative estimate of drug-likeness (QED) is 0.796. The fourth-order valence-corrected chi connectivity index (χ4v) is 3.44. The van der Waals surface area contributed by atoms with Crippen LogP contribution in [0.2, 0.25) is 0 Å². The Labute approximate surface area is 131 Å². The summed E-state index contributed by atoms with van der Waals surface area (Å²) in [6, 6.07) is 0. The highest BCUT2D eigenvalue weighted by Gasteiger charge is 2.57. The number of likely N-dealkylation sites (tertiary alicyclic amines) is 2. The van der Waals surface area contributed by atoms with Crippen LogP contribution in [-0.2, 0) is 16.0 Å². The Balaban J connectivity index is 1.79. The third-order valence-corrected chi connectivity index (χ3v) is 4.46. The molecule has 1 unspecified atom stereocenters. The summed E-state index contributed by atoms with van der Waals surface area (Å²) < 4.78 is 33.1. The monoisotopic (exact) mass is 328 g/mol. The molecular weight excluding hydrogens is 310 g/mol. The number of amides is 2. The van der Waals surface area contributed by atoms with Gasteiger partial charge in [0.05, 0.1) is 12.0 Å². The molecule has 1 aromatic heterocycles. The van der Waals surface area contributed by atoms with Crippen LogP contribution in [0.15, 0.2) is 4.52 Å². The number of rotatable bonds is 2. The average molecular weight is 328 g/mol. The van der Waals surface area contributed by atoms with Crippen LogP contribution >= 0.6 is 0 Å². The van der Waals surface area contributed by atoms with Crippen LogP contribution in [0.3, 0.4) is 0 Å². The molecule has 1 spiro atoms. The first-order valence-electron chi connectivity index (χ1n) is 7.41. The molecule has 23 heavy (non-hydrogen) atoms. The number of hydrogen-bond acceptors (Lipinski definition) is 5. The SMILES string of the molecule is Cc1noc(CC(=O)N2CC(F)(F)CC3(CCN(C)C3=O)C2)n1. The van der Waals surface area contributed by atoms with Crippen molar-refractivity contribution in [2.75, 3.05) is 26.7 Å². The third-order valence-electron chi connectivity index (χ3n) is 4.46. The topological polar surface area (TPSA) is 79.5 Å². The van der Waals surface area contributed by atoms with E-state index in [4.69, 9.17) is 4.52 Å². The van der Waals surface area contributed by atoms with Crippen molar-refractivity contribution < 1.29 is 22.9 Å². The minimum Gasteiger partial charge on any atom is -0.345 e. The maximum Gasteiger partial charge on any atom is 0.266 e. The van der Waals surface area contributed by atoms with Crippen LogP contribution in [0, 0.1) is 12.3 Å². The maximum absolute atomic E-state index is 14.1. The molecule has 0 bridgehead atoms. The zero-order chi connectivity index (χ0) is 16.8. The van der Waals surface area contributed by atoms with Gasteiger partial charge in [0, 0.05) is 26.6 Å². The van der Waals surface area contributed by atoms with Crippen molar-refractivity contribution in [3.05, 3.63) is 11.7 Å². The van der Waals surface area contributed by atoms with Crippen LogP contribution in [0.5, 0.6) is 0 Å². The number of piperidine rings is 1. The molecule has 2 saturated heterocycles. The number of nitrogens with zero attached hydrogens (tertiary/aromatic N) is 4. The smallest absolute Gasteiger partial charge is 0.266 e. The fraction of sp³-hybridized carbons (Fsp3) is 0.714. The van der Waals surface area contributed by atoms with E-state index in [1.165, 1.54) is 4.90 Å². The number of halogens is 2. The lowest BCUT2D eigenvalue weighted by atomic mass is 9.77. The molecule has 2 fully saturated rings. The lowest BCUT2D eigenvalue weighted by molar-refractivity contribution is -0.162. The molecule has 0 radical (unpaired) electrons. The molecular formula is C14H18F2N4O3. The van der Waals surface area contributed by atoms with Crippen molar-refractivity contribution in [3.8, 4) is 0 Å². The minimum atomic E-state index is -3.08. The van der Waals surface area contributed by atoms with Gasteiger partial charge in [-0.2, -0.15) is 4.98 Å². The van der Waals surface area contributed by atoms with Gasteiger partial charge in [-0.25, -0.2) is 8.78 Å². The molecule has 0 saturated carbocycles. The van der Waals surface area contributed by atoms with Crippen molar-refractivity contribution >= 4 is 11.8 Å². The highest BCUT2D eigenvalue weighted by molar-refractivity contribution is 5.86. The Morgan fingerprint density at radius 1 is 1.39 bits per heavy atom. The lowest BCUT2D eigenvalue weighted by Crippen LogP contribution is -2.57. The maximum atomic E-state index is 14.1. The van der Waals surface area contributed by atoms with Gasteiger partial charge in [0.2, 0.25) is 17.7 Å². The first kappa shape index (κ1) is 15.8. The molecule has 1 atom stereocenters. The lowest BCUT2D eigenvalue weighted by Gasteiger charge is -2.42. The Morgan fingerprint density at radius 2 is 2.13 bits per heavy atom. The molecule has 3 heterocycles. The molecule has 2 amide bonds. The number of aryl methyl sites for hydroxylation is 1. The second kappa shape index (κ2) is 5.24. The molecule has 1 aromatic rings. The molecule has 2 aliphatic heterocycles. The largest absolute Gasteiger partial charge is 0.345 e. The first-order chi connectivity index (χ1) is 10.7. The van der Waals surface area contributed by atoms with Crippen LogP contribution in [0.25, 0.3) is 0 Å². The van der Waals surface area contributed by atoms with Gasteiger partial charge in [-0.1, -0.05) is 5.16 Å². The standard InChI is InChI=1S/C14H18F2N4O3/c1-9-17-10(23-18-9)5-11(21)20-7-13(6-14(15,16)8-20)3-4-19(2)12(13)22/h3-8H2,1-2H3. The van der Waals surface area contributed by atoms with E-state index in [1.807, 2.05) is 0 Å². The van der Waals surface area contributed by atoms with Crippen LogP contribution in [-0.4, -0.2) is 64.4 Å². The molecule has 126 valence electrons. The van der Waals surface area contributed by atoms with Gasteiger partial charge in [0.15, 0.2) is 5.82 Å². The van der Waals surface area contributed by atoms with Gasteiger partial charge >= 0.3 is 0 Å². The molecule has 7 nitrogen and oxygen atoms in total. The van der Waals surface area contributed by atoms with Gasteiger partial charge in [0.1, 0.15) is 6.42 Å². The van der Waals surface area contributed by atoms with E-state index in [2.05, 4.69) is 10.1 Å². The third kappa shape index (κ3) is 2.91. The predicted molar refractivity (Wildman–Crippen MR) is 73.6 cm³/mol. The molecule has 2 aliphatic rings. The van der Waals surface area contributed by atoms with Gasteiger partial charge in [0.25, 0.3) is 5.92 Å². The fourth-order valence-electron chi connectivity index (χ4n) is 3.44. The highest BCUT2D eigenvalue weighted by Crippen LogP contribution is 2.45. The number of aromatic nitrogens is 2. The van der Waals surface area contributed by atoms with E-state index in [0.29, 0.717) is 18.8 Å². The van der Waals surface area contributed by atoms with Crippen molar-refractivity contribution in [1.29, 1.82) is 0 Å². The Morgan fingerprint density at radius 3 is 2.70 bits per heavy atom. The summed E-state index contributed by atoms with van der Waals surface area (Å²) in [7, 11) is 1.59. The summed E-state index contributed by atoms with van der Waals surface area (Å²) in [5, 5.41) is 3.57. The summed E-state index contributed by atoms with van der Waals surface area (Å²) >= 11 is 0. The Bertz CT molecular complexity index is 648. The van der Waals surface area contributed by atoms with Gasteiger partial charge in [-0.3, -0.25) is 9.59 Å². The van der Waals surface area contributed by atoms with E-state index in [9.17, 15) is 18.4 Å². The van der Waals surface area contributed by atoms with E-state index in [-0.39, 0.29) is 24.8 Å². The van der Waals surface area contributed by atoms with Crippen molar-refractivity contribution in [2.45, 2.75) is 32.1 Å². The Hall–Kier alpha value is -2.06.